The number of rotatable bonds is 3. The summed E-state index contributed by atoms with van der Waals surface area (Å²) in [5.41, 5.74) is 2.50. The summed E-state index contributed by atoms with van der Waals surface area (Å²) in [6.45, 7) is 0. The Morgan fingerprint density at radius 2 is 2.28 bits per heavy atom. The van der Waals surface area contributed by atoms with Gasteiger partial charge in [0.1, 0.15) is 0 Å². The second-order valence-electron chi connectivity index (χ2n) is 4.74. The van der Waals surface area contributed by atoms with Gasteiger partial charge >= 0.3 is 5.97 Å². The third kappa shape index (κ3) is 1.98. The molecule has 0 bridgehead atoms. The fourth-order valence-electron chi connectivity index (χ4n) is 2.18. The average molecular weight is 244 g/mol. The van der Waals surface area contributed by atoms with Crippen LogP contribution in [-0.2, 0) is 4.74 Å². The Morgan fingerprint density at radius 1 is 1.44 bits per heavy atom. The molecule has 0 aromatic carbocycles. The van der Waals surface area contributed by atoms with Gasteiger partial charge < -0.3 is 4.74 Å². The molecule has 0 aliphatic heterocycles. The molecule has 1 heterocycles. The molecule has 1 aromatic rings. The van der Waals surface area contributed by atoms with Crippen LogP contribution in [0.5, 0.6) is 0 Å². The summed E-state index contributed by atoms with van der Waals surface area (Å²) >= 11 is 0. The van der Waals surface area contributed by atoms with Gasteiger partial charge in [0, 0.05) is 5.92 Å². The van der Waals surface area contributed by atoms with Crippen molar-refractivity contribution in [1.29, 1.82) is 0 Å². The van der Waals surface area contributed by atoms with Crippen LogP contribution in [0.3, 0.4) is 0 Å². The van der Waals surface area contributed by atoms with Crippen LogP contribution in [0.25, 0.3) is 5.70 Å². The van der Waals surface area contributed by atoms with Crippen molar-refractivity contribution >= 4 is 11.7 Å². The van der Waals surface area contributed by atoms with Crippen LogP contribution in [0, 0.1) is 0 Å². The fraction of sp³-hybridized carbons (Fsp3) is 0.429. The first-order chi connectivity index (χ1) is 8.79. The van der Waals surface area contributed by atoms with Gasteiger partial charge in [0.2, 0.25) is 0 Å². The Morgan fingerprint density at radius 3 is 2.89 bits per heavy atom. The first-order valence-corrected chi connectivity index (χ1v) is 6.35. The lowest BCUT2D eigenvalue weighted by atomic mass is 10.1. The van der Waals surface area contributed by atoms with E-state index in [2.05, 4.69) is 17.3 Å². The molecule has 2 aliphatic carbocycles. The van der Waals surface area contributed by atoms with Gasteiger partial charge in [-0.2, -0.15) is 5.10 Å². The number of hydrogen-bond acceptors (Lipinski definition) is 3. The molecule has 0 radical (unpaired) electrons. The lowest BCUT2D eigenvalue weighted by Gasteiger charge is -2.09. The predicted molar refractivity (Wildman–Crippen MR) is 68.2 cm³/mol. The first kappa shape index (κ1) is 11.3. The van der Waals surface area contributed by atoms with Crippen molar-refractivity contribution in [2.45, 2.75) is 31.6 Å². The highest BCUT2D eigenvalue weighted by Gasteiger charge is 2.29. The van der Waals surface area contributed by atoms with Gasteiger partial charge in [-0.05, 0) is 37.8 Å². The maximum atomic E-state index is 11.8. The largest absolute Gasteiger partial charge is 0.464 e. The van der Waals surface area contributed by atoms with Crippen molar-refractivity contribution < 1.29 is 9.53 Å². The molecule has 3 rings (SSSR count). The average Bonchev–Trinajstić information content (AvgIpc) is 3.18. The summed E-state index contributed by atoms with van der Waals surface area (Å²) in [5.74, 6) is 0.206. The maximum absolute atomic E-state index is 11.8. The Kier molecular flexibility index (Phi) is 2.78. The summed E-state index contributed by atoms with van der Waals surface area (Å²) < 4.78 is 6.55. The summed E-state index contributed by atoms with van der Waals surface area (Å²) in [5, 5.41) is 4.56. The topological polar surface area (TPSA) is 44.1 Å². The van der Waals surface area contributed by atoms with Crippen molar-refractivity contribution in [1.82, 2.24) is 9.78 Å². The number of aromatic nitrogens is 2. The van der Waals surface area contributed by atoms with Gasteiger partial charge in [0.05, 0.1) is 18.5 Å². The van der Waals surface area contributed by atoms with Crippen molar-refractivity contribution in [3.63, 3.8) is 0 Å². The quantitative estimate of drug-likeness (QED) is 0.768. The standard InChI is InChI=1S/C14H16N2O2/c1-18-14(17)13-9-12(10-7-8-10)15-16(13)11-5-3-2-4-6-11/h3,5-6,9-10H,2,4,7-8H2,1H3. The van der Waals surface area contributed by atoms with Crippen LogP contribution in [0.2, 0.25) is 0 Å². The highest BCUT2D eigenvalue weighted by molar-refractivity contribution is 5.89. The van der Waals surface area contributed by atoms with Gasteiger partial charge in [0.25, 0.3) is 0 Å². The molecule has 1 saturated carbocycles. The zero-order valence-electron chi connectivity index (χ0n) is 10.4. The van der Waals surface area contributed by atoms with Gasteiger partial charge in [0.15, 0.2) is 5.69 Å². The number of carbonyl (C=O) groups excluding carboxylic acids is 1. The molecular weight excluding hydrogens is 228 g/mol. The maximum Gasteiger partial charge on any atom is 0.356 e. The lowest BCUT2D eigenvalue weighted by molar-refractivity contribution is 0.0591. The summed E-state index contributed by atoms with van der Waals surface area (Å²) in [6, 6.07) is 1.87. The highest BCUT2D eigenvalue weighted by Crippen LogP contribution is 2.39. The van der Waals surface area contributed by atoms with E-state index in [1.807, 2.05) is 12.1 Å². The Bertz CT molecular complexity index is 536. The smallest absolute Gasteiger partial charge is 0.356 e. The van der Waals surface area contributed by atoms with E-state index in [1.165, 1.54) is 20.0 Å². The number of hydrogen-bond donors (Lipinski definition) is 0. The minimum Gasteiger partial charge on any atom is -0.464 e. The molecule has 0 saturated heterocycles. The van der Waals surface area contributed by atoms with Crippen molar-refractivity contribution in [2.24, 2.45) is 0 Å². The zero-order chi connectivity index (χ0) is 12.5. The van der Waals surface area contributed by atoms with Crippen LogP contribution in [0.4, 0.5) is 0 Å². The van der Waals surface area contributed by atoms with Crippen LogP contribution in [0.1, 0.15) is 47.8 Å². The molecule has 4 heteroatoms. The Hall–Kier alpha value is -1.84. The number of esters is 1. The first-order valence-electron chi connectivity index (χ1n) is 6.35. The third-order valence-electron chi connectivity index (χ3n) is 3.34. The van der Waals surface area contributed by atoms with E-state index in [1.54, 1.807) is 4.68 Å². The number of methoxy groups -OCH3 is 1. The number of nitrogens with zero attached hydrogens (tertiary/aromatic N) is 2. The molecule has 2 aliphatic rings. The van der Waals surface area contributed by atoms with Gasteiger partial charge in [-0.3, -0.25) is 0 Å². The number of ether oxygens (including phenoxy) is 1. The minimum atomic E-state index is -0.325. The van der Waals surface area contributed by atoms with E-state index >= 15 is 0 Å². The SMILES string of the molecule is COC(=O)c1cc(C2CC2)nn1C1=CCCC=C1. The lowest BCUT2D eigenvalue weighted by Crippen LogP contribution is -2.11. The van der Waals surface area contributed by atoms with E-state index < -0.39 is 0 Å². The Labute approximate surface area is 106 Å². The van der Waals surface area contributed by atoms with Crippen LogP contribution in [0.15, 0.2) is 24.3 Å². The van der Waals surface area contributed by atoms with E-state index in [4.69, 9.17) is 4.74 Å². The molecule has 0 amide bonds. The van der Waals surface area contributed by atoms with Crippen LogP contribution in [-0.4, -0.2) is 22.9 Å². The van der Waals surface area contributed by atoms with Gasteiger partial charge in [-0.15, -0.1) is 0 Å². The normalized spacial score (nSPS) is 18.6. The second kappa shape index (κ2) is 4.44. The third-order valence-corrected chi connectivity index (χ3v) is 3.34. The molecule has 1 aromatic heterocycles. The molecule has 4 nitrogen and oxygen atoms in total. The number of carbonyl (C=O) groups is 1. The predicted octanol–water partition coefficient (Wildman–Crippen LogP) is 2.74. The molecule has 1 fully saturated rings. The molecule has 18 heavy (non-hydrogen) atoms. The van der Waals surface area contributed by atoms with E-state index in [-0.39, 0.29) is 5.97 Å². The fourth-order valence-corrected chi connectivity index (χ4v) is 2.18. The summed E-state index contributed by atoms with van der Waals surface area (Å²) in [7, 11) is 1.40. The highest BCUT2D eigenvalue weighted by atomic mass is 16.5. The minimum absolute atomic E-state index is 0.325. The van der Waals surface area contributed by atoms with E-state index in [9.17, 15) is 4.79 Å². The second-order valence-corrected chi connectivity index (χ2v) is 4.74. The Balaban J connectivity index is 2.02. The van der Waals surface area contributed by atoms with Crippen LogP contribution < -0.4 is 0 Å². The van der Waals surface area contributed by atoms with Gasteiger partial charge in [-0.1, -0.05) is 12.2 Å². The van der Waals surface area contributed by atoms with Gasteiger partial charge in [-0.25, -0.2) is 9.48 Å². The molecule has 94 valence electrons. The molecule has 0 unspecified atom stereocenters. The van der Waals surface area contributed by atoms with Crippen molar-refractivity contribution in [2.75, 3.05) is 7.11 Å². The number of allylic oxidation sites excluding steroid dienone is 4. The monoisotopic (exact) mass is 244 g/mol. The molecule has 0 spiro atoms. The van der Waals surface area contributed by atoms with Crippen molar-refractivity contribution in [3.05, 3.63) is 35.7 Å². The molecular formula is C14H16N2O2. The molecule has 0 N–H and O–H groups in total. The summed E-state index contributed by atoms with van der Waals surface area (Å²) in [4.78, 5) is 11.8. The molecule has 0 atom stereocenters. The summed E-state index contributed by atoms with van der Waals surface area (Å²) in [6.07, 6.45) is 10.6. The van der Waals surface area contributed by atoms with E-state index in [0.717, 1.165) is 24.2 Å². The zero-order valence-corrected chi connectivity index (χ0v) is 10.4. The van der Waals surface area contributed by atoms with E-state index in [0.29, 0.717) is 11.6 Å². The van der Waals surface area contributed by atoms with Crippen LogP contribution >= 0.6 is 0 Å². The van der Waals surface area contributed by atoms with Crippen molar-refractivity contribution in [3.8, 4) is 0 Å².